The lowest BCUT2D eigenvalue weighted by Gasteiger charge is -2.10. The van der Waals surface area contributed by atoms with Gasteiger partial charge >= 0.3 is 0 Å². The van der Waals surface area contributed by atoms with Crippen LogP contribution in [-0.2, 0) is 4.74 Å². The lowest BCUT2D eigenvalue weighted by atomic mass is 10.0. The molecule has 0 bridgehead atoms. The van der Waals surface area contributed by atoms with Crippen LogP contribution in [0.1, 0.15) is 45.4 Å². The average Bonchev–Trinajstić information content (AvgIpc) is 2.52. The second kappa shape index (κ2) is 6.20. The molecule has 0 aliphatic heterocycles. The highest BCUT2D eigenvalue weighted by molar-refractivity contribution is 5.05. The first-order valence-corrected chi connectivity index (χ1v) is 5.60. The average molecular weight is 182 g/mol. The summed E-state index contributed by atoms with van der Waals surface area (Å²) in [7, 11) is 0. The van der Waals surface area contributed by atoms with Crippen molar-refractivity contribution in [3.8, 4) is 0 Å². The first-order valence-electron chi connectivity index (χ1n) is 5.60. The van der Waals surface area contributed by atoms with E-state index in [4.69, 9.17) is 4.74 Å². The lowest BCUT2D eigenvalue weighted by molar-refractivity contribution is 0.121. The minimum atomic E-state index is 0.765. The Bertz CT molecular complexity index is 151. The largest absolute Gasteiger partial charge is 0.381 e. The molecule has 0 heterocycles. The maximum absolute atomic E-state index is 5.54. The zero-order chi connectivity index (χ0) is 9.52. The van der Waals surface area contributed by atoms with Gasteiger partial charge in [0, 0.05) is 13.2 Å². The van der Waals surface area contributed by atoms with Crippen LogP contribution < -0.4 is 0 Å². The highest BCUT2D eigenvalue weighted by Gasteiger charge is 2.18. The highest BCUT2D eigenvalue weighted by Crippen LogP contribution is 2.31. The number of hydrogen-bond donors (Lipinski definition) is 0. The van der Waals surface area contributed by atoms with Gasteiger partial charge in [-0.3, -0.25) is 0 Å². The molecule has 0 spiro atoms. The lowest BCUT2D eigenvalue weighted by Crippen LogP contribution is -2.03. The first-order chi connectivity index (χ1) is 6.34. The van der Waals surface area contributed by atoms with Crippen molar-refractivity contribution in [1.82, 2.24) is 0 Å². The Labute approximate surface area is 82.2 Å². The molecule has 76 valence electrons. The van der Waals surface area contributed by atoms with Crippen LogP contribution in [0.25, 0.3) is 0 Å². The van der Waals surface area contributed by atoms with Crippen molar-refractivity contribution >= 4 is 0 Å². The fraction of sp³-hybridized carbons (Fsp3) is 0.833. The van der Waals surface area contributed by atoms with Gasteiger partial charge in [-0.2, -0.15) is 0 Å². The van der Waals surface area contributed by atoms with E-state index in [0.29, 0.717) is 0 Å². The monoisotopic (exact) mass is 182 g/mol. The molecule has 0 aromatic heterocycles. The maximum Gasteiger partial charge on any atom is 0.0471 e. The summed E-state index contributed by atoms with van der Waals surface area (Å²) in [6, 6.07) is 0. The molecule has 13 heavy (non-hydrogen) atoms. The number of ether oxygens (including phenoxy) is 1. The molecule has 1 aliphatic carbocycles. The molecule has 1 unspecified atom stereocenters. The van der Waals surface area contributed by atoms with Crippen LogP contribution in [-0.4, -0.2) is 13.2 Å². The topological polar surface area (TPSA) is 9.23 Å². The van der Waals surface area contributed by atoms with Crippen molar-refractivity contribution in [1.29, 1.82) is 0 Å². The van der Waals surface area contributed by atoms with Crippen LogP contribution in [0, 0.1) is 5.92 Å². The van der Waals surface area contributed by atoms with Gasteiger partial charge in [0.25, 0.3) is 0 Å². The van der Waals surface area contributed by atoms with Crippen molar-refractivity contribution in [3.63, 3.8) is 0 Å². The van der Waals surface area contributed by atoms with E-state index in [1.54, 1.807) is 0 Å². The van der Waals surface area contributed by atoms with E-state index in [-0.39, 0.29) is 0 Å². The van der Waals surface area contributed by atoms with Crippen LogP contribution >= 0.6 is 0 Å². The van der Waals surface area contributed by atoms with E-state index in [0.717, 1.165) is 19.1 Å². The molecule has 0 N–H and O–H groups in total. The zero-order valence-electron chi connectivity index (χ0n) is 8.85. The summed E-state index contributed by atoms with van der Waals surface area (Å²) in [5.74, 6) is 0.765. The summed E-state index contributed by atoms with van der Waals surface area (Å²) in [6.07, 6.45) is 7.57. The predicted molar refractivity (Wildman–Crippen MR) is 56.8 cm³/mol. The predicted octanol–water partition coefficient (Wildman–Crippen LogP) is 3.55. The van der Waals surface area contributed by atoms with Crippen molar-refractivity contribution in [3.05, 3.63) is 12.2 Å². The Morgan fingerprint density at radius 1 is 1.46 bits per heavy atom. The van der Waals surface area contributed by atoms with Gasteiger partial charge in [0.15, 0.2) is 0 Å². The van der Waals surface area contributed by atoms with Crippen molar-refractivity contribution in [2.45, 2.75) is 45.4 Å². The third-order valence-electron chi connectivity index (χ3n) is 2.88. The summed E-state index contributed by atoms with van der Waals surface area (Å²) >= 11 is 0. The van der Waals surface area contributed by atoms with E-state index >= 15 is 0 Å². The molecule has 1 heteroatoms. The van der Waals surface area contributed by atoms with Gasteiger partial charge in [0.1, 0.15) is 0 Å². The molecule has 1 nitrogen and oxygen atoms in total. The van der Waals surface area contributed by atoms with E-state index in [1.165, 1.54) is 44.1 Å². The molecule has 0 radical (unpaired) electrons. The van der Waals surface area contributed by atoms with Gasteiger partial charge in [-0.05, 0) is 38.0 Å². The van der Waals surface area contributed by atoms with Gasteiger partial charge < -0.3 is 4.74 Å². The van der Waals surface area contributed by atoms with Crippen LogP contribution in [0.4, 0.5) is 0 Å². The summed E-state index contributed by atoms with van der Waals surface area (Å²) in [4.78, 5) is 0. The van der Waals surface area contributed by atoms with Crippen LogP contribution in [0.2, 0.25) is 0 Å². The number of hydrogen-bond acceptors (Lipinski definition) is 1. The highest BCUT2D eigenvalue weighted by atomic mass is 16.5. The molecule has 0 aromatic carbocycles. The van der Waals surface area contributed by atoms with Gasteiger partial charge in [-0.1, -0.05) is 25.5 Å². The first kappa shape index (κ1) is 10.8. The fourth-order valence-corrected chi connectivity index (χ4v) is 1.91. The Hall–Kier alpha value is -0.300. The molecular formula is C12H22O. The molecule has 1 atom stereocenters. The minimum Gasteiger partial charge on any atom is -0.381 e. The quantitative estimate of drug-likeness (QED) is 0.451. The van der Waals surface area contributed by atoms with Crippen LogP contribution in [0.3, 0.4) is 0 Å². The molecule has 1 saturated carbocycles. The van der Waals surface area contributed by atoms with E-state index in [1.807, 2.05) is 0 Å². The van der Waals surface area contributed by atoms with Gasteiger partial charge in [-0.15, -0.1) is 0 Å². The Morgan fingerprint density at radius 2 is 2.31 bits per heavy atom. The summed E-state index contributed by atoms with van der Waals surface area (Å²) < 4.78 is 5.54. The summed E-state index contributed by atoms with van der Waals surface area (Å²) in [6.45, 7) is 8.17. The third-order valence-corrected chi connectivity index (χ3v) is 2.88. The summed E-state index contributed by atoms with van der Waals surface area (Å²) in [5.41, 5.74) is 1.46. The Balaban J connectivity index is 1.96. The maximum atomic E-state index is 5.54. The molecular weight excluding hydrogens is 160 g/mol. The molecule has 0 amide bonds. The van der Waals surface area contributed by atoms with E-state index in [2.05, 4.69) is 13.5 Å². The van der Waals surface area contributed by atoms with Crippen LogP contribution in [0.5, 0.6) is 0 Å². The van der Waals surface area contributed by atoms with Crippen molar-refractivity contribution in [2.24, 2.45) is 5.92 Å². The smallest absolute Gasteiger partial charge is 0.0471 e. The molecule has 0 aromatic rings. The zero-order valence-corrected chi connectivity index (χ0v) is 8.85. The molecule has 1 fully saturated rings. The number of unbranched alkanes of at least 4 members (excludes halogenated alkanes) is 1. The Kier molecular flexibility index (Phi) is 5.14. The fourth-order valence-electron chi connectivity index (χ4n) is 1.91. The van der Waals surface area contributed by atoms with Gasteiger partial charge in [0.05, 0.1) is 0 Å². The number of allylic oxidation sites excluding steroid dienone is 1. The van der Waals surface area contributed by atoms with E-state index in [9.17, 15) is 0 Å². The van der Waals surface area contributed by atoms with E-state index < -0.39 is 0 Å². The van der Waals surface area contributed by atoms with Crippen molar-refractivity contribution < 1.29 is 4.74 Å². The second-order valence-corrected chi connectivity index (χ2v) is 4.00. The normalized spacial score (nSPS) is 22.5. The van der Waals surface area contributed by atoms with Crippen molar-refractivity contribution in [2.75, 3.05) is 13.2 Å². The molecule has 1 aliphatic rings. The third kappa shape index (κ3) is 3.95. The standard InChI is InChI=1S/C12H22O/c1-3-4-9-13-10-8-12-7-5-6-11(12)2/h12H,2-10H2,1H3. The molecule has 0 saturated heterocycles. The summed E-state index contributed by atoms with van der Waals surface area (Å²) in [5, 5.41) is 0. The van der Waals surface area contributed by atoms with Gasteiger partial charge in [0.2, 0.25) is 0 Å². The Morgan fingerprint density at radius 3 is 2.92 bits per heavy atom. The SMILES string of the molecule is C=C1CCCC1CCOCCCC. The van der Waals surface area contributed by atoms with Crippen LogP contribution in [0.15, 0.2) is 12.2 Å². The minimum absolute atomic E-state index is 0.765. The molecule has 1 rings (SSSR count). The second-order valence-electron chi connectivity index (χ2n) is 4.00. The number of rotatable bonds is 6. The van der Waals surface area contributed by atoms with Gasteiger partial charge in [-0.25, -0.2) is 0 Å².